The van der Waals surface area contributed by atoms with Crippen molar-refractivity contribution >= 4 is 16.7 Å². The summed E-state index contributed by atoms with van der Waals surface area (Å²) in [5, 5.41) is 10.3. The van der Waals surface area contributed by atoms with Gasteiger partial charge in [0.2, 0.25) is 0 Å². The summed E-state index contributed by atoms with van der Waals surface area (Å²) in [5.74, 6) is 1.73. The van der Waals surface area contributed by atoms with E-state index in [1.165, 1.54) is 0 Å². The summed E-state index contributed by atoms with van der Waals surface area (Å²) in [5.41, 5.74) is 4.22. The van der Waals surface area contributed by atoms with Gasteiger partial charge in [0.1, 0.15) is 17.8 Å². The summed E-state index contributed by atoms with van der Waals surface area (Å²) in [6.45, 7) is 2.07. The molecule has 8 nitrogen and oxygen atoms in total. The fraction of sp³-hybridized carbons (Fsp3) is 0.348. The van der Waals surface area contributed by atoms with E-state index in [1.807, 2.05) is 42.2 Å². The SMILES string of the molecule is CCc1nn(-c2cccc(-c3ncn(C)n3)c2OC)c2cc(CC(=O)C3CC3)ncc12. The van der Waals surface area contributed by atoms with Crippen molar-refractivity contribution in [3.63, 3.8) is 0 Å². The van der Waals surface area contributed by atoms with Crippen LogP contribution in [0.25, 0.3) is 28.0 Å². The topological polar surface area (TPSA) is 87.7 Å². The van der Waals surface area contributed by atoms with Crippen molar-refractivity contribution in [1.82, 2.24) is 29.5 Å². The van der Waals surface area contributed by atoms with Gasteiger partial charge in [0.15, 0.2) is 11.6 Å². The third kappa shape index (κ3) is 3.48. The molecule has 31 heavy (non-hydrogen) atoms. The number of methoxy groups -OCH3 is 1. The van der Waals surface area contributed by atoms with Gasteiger partial charge in [-0.3, -0.25) is 14.5 Å². The standard InChI is InChI=1S/C23H24N6O2/c1-4-18-17-12-24-15(11-21(30)14-8-9-14)10-20(17)29(26-18)19-7-5-6-16(22(19)31-3)23-25-13-28(2)27-23/h5-7,10,12-14H,4,8-9,11H2,1-3H3. The number of carbonyl (C=O) groups is 1. The predicted octanol–water partition coefficient (Wildman–Crippen LogP) is 3.31. The van der Waals surface area contributed by atoms with Crippen LogP contribution < -0.4 is 4.74 Å². The Morgan fingerprint density at radius 3 is 2.74 bits per heavy atom. The third-order valence-electron chi connectivity index (χ3n) is 5.69. The highest BCUT2D eigenvalue weighted by Crippen LogP contribution is 2.36. The van der Waals surface area contributed by atoms with Crippen molar-refractivity contribution in [2.45, 2.75) is 32.6 Å². The molecule has 0 radical (unpaired) electrons. The van der Waals surface area contributed by atoms with Crippen LogP contribution in [0.15, 0.2) is 36.8 Å². The number of aromatic nitrogens is 6. The number of fused-ring (bicyclic) bond motifs is 1. The van der Waals surface area contributed by atoms with E-state index in [0.29, 0.717) is 18.0 Å². The van der Waals surface area contributed by atoms with E-state index in [1.54, 1.807) is 18.1 Å². The lowest BCUT2D eigenvalue weighted by Gasteiger charge is -2.13. The Morgan fingerprint density at radius 2 is 2.06 bits per heavy atom. The molecule has 0 amide bonds. The molecule has 0 unspecified atom stereocenters. The van der Waals surface area contributed by atoms with Crippen LogP contribution in [0, 0.1) is 5.92 Å². The molecule has 1 aromatic carbocycles. The molecule has 5 rings (SSSR count). The molecule has 0 atom stereocenters. The molecule has 1 aliphatic rings. The summed E-state index contributed by atoms with van der Waals surface area (Å²) >= 11 is 0. The highest BCUT2D eigenvalue weighted by atomic mass is 16.5. The fourth-order valence-electron chi connectivity index (χ4n) is 3.93. The molecule has 0 saturated heterocycles. The zero-order valence-electron chi connectivity index (χ0n) is 17.9. The van der Waals surface area contributed by atoms with Crippen LogP contribution in [0.2, 0.25) is 0 Å². The first-order valence-corrected chi connectivity index (χ1v) is 10.5. The van der Waals surface area contributed by atoms with Gasteiger partial charge in [-0.2, -0.15) is 10.2 Å². The van der Waals surface area contributed by atoms with Crippen LogP contribution in [-0.4, -0.2) is 42.4 Å². The van der Waals surface area contributed by atoms with E-state index in [4.69, 9.17) is 9.84 Å². The summed E-state index contributed by atoms with van der Waals surface area (Å²) < 4.78 is 9.34. The molecule has 0 bridgehead atoms. The number of hydrogen-bond donors (Lipinski definition) is 0. The van der Waals surface area contributed by atoms with Crippen LogP contribution in [0.4, 0.5) is 0 Å². The number of ether oxygens (including phenoxy) is 1. The van der Waals surface area contributed by atoms with E-state index in [2.05, 4.69) is 22.0 Å². The minimum Gasteiger partial charge on any atom is -0.494 e. The van der Waals surface area contributed by atoms with Crippen LogP contribution in [0.1, 0.15) is 31.2 Å². The van der Waals surface area contributed by atoms with Gasteiger partial charge in [0, 0.05) is 36.7 Å². The van der Waals surface area contributed by atoms with E-state index < -0.39 is 0 Å². The molecule has 3 heterocycles. The lowest BCUT2D eigenvalue weighted by Crippen LogP contribution is -2.07. The van der Waals surface area contributed by atoms with E-state index in [9.17, 15) is 4.79 Å². The minimum absolute atomic E-state index is 0.219. The number of benzene rings is 1. The van der Waals surface area contributed by atoms with Gasteiger partial charge < -0.3 is 4.74 Å². The molecule has 0 aliphatic heterocycles. The molecular weight excluding hydrogens is 392 g/mol. The molecule has 158 valence electrons. The van der Waals surface area contributed by atoms with Crippen LogP contribution in [-0.2, 0) is 24.7 Å². The lowest BCUT2D eigenvalue weighted by molar-refractivity contribution is -0.119. The zero-order valence-corrected chi connectivity index (χ0v) is 17.9. The van der Waals surface area contributed by atoms with Gasteiger partial charge in [-0.15, -0.1) is 0 Å². The highest BCUT2D eigenvalue weighted by molar-refractivity contribution is 5.88. The van der Waals surface area contributed by atoms with E-state index in [-0.39, 0.29) is 11.7 Å². The van der Waals surface area contributed by atoms with Crippen LogP contribution in [0.5, 0.6) is 5.75 Å². The average Bonchev–Trinajstić information content (AvgIpc) is 3.45. The van der Waals surface area contributed by atoms with Crippen molar-refractivity contribution in [3.8, 4) is 22.8 Å². The molecule has 1 saturated carbocycles. The molecule has 1 fully saturated rings. The van der Waals surface area contributed by atoms with E-state index >= 15 is 0 Å². The van der Waals surface area contributed by atoms with Crippen molar-refractivity contribution in [2.24, 2.45) is 13.0 Å². The van der Waals surface area contributed by atoms with Crippen LogP contribution in [0.3, 0.4) is 0 Å². The summed E-state index contributed by atoms with van der Waals surface area (Å²) in [6, 6.07) is 7.83. The van der Waals surface area contributed by atoms with Crippen molar-refractivity contribution in [2.75, 3.05) is 7.11 Å². The highest BCUT2D eigenvalue weighted by Gasteiger charge is 2.29. The number of ketones is 1. The second-order valence-electron chi connectivity index (χ2n) is 7.92. The maximum Gasteiger partial charge on any atom is 0.184 e. The number of carbonyl (C=O) groups excluding carboxylic acids is 1. The van der Waals surface area contributed by atoms with Gasteiger partial charge in [-0.1, -0.05) is 13.0 Å². The summed E-state index contributed by atoms with van der Waals surface area (Å²) in [4.78, 5) is 21.3. The number of pyridine rings is 1. The van der Waals surface area contributed by atoms with Crippen molar-refractivity contribution in [3.05, 3.63) is 48.2 Å². The number of para-hydroxylation sites is 1. The Hall–Kier alpha value is -3.55. The third-order valence-corrected chi connectivity index (χ3v) is 5.69. The normalized spacial score (nSPS) is 13.6. The lowest BCUT2D eigenvalue weighted by atomic mass is 10.1. The largest absolute Gasteiger partial charge is 0.494 e. The zero-order chi connectivity index (χ0) is 21.5. The average molecular weight is 416 g/mol. The Kier molecular flexibility index (Phi) is 4.77. The predicted molar refractivity (Wildman–Crippen MR) is 116 cm³/mol. The molecule has 3 aromatic heterocycles. The smallest absolute Gasteiger partial charge is 0.184 e. The Morgan fingerprint density at radius 1 is 1.23 bits per heavy atom. The second-order valence-corrected chi connectivity index (χ2v) is 7.92. The molecule has 0 spiro atoms. The summed E-state index contributed by atoms with van der Waals surface area (Å²) in [7, 11) is 3.47. The Labute approximate surface area is 179 Å². The minimum atomic E-state index is 0.219. The number of rotatable bonds is 7. The maximum atomic E-state index is 12.3. The molecule has 1 aliphatic carbocycles. The quantitative estimate of drug-likeness (QED) is 0.459. The molecular formula is C23H24N6O2. The first-order chi connectivity index (χ1) is 15.1. The molecule has 4 aromatic rings. The van der Waals surface area contributed by atoms with Crippen LogP contribution >= 0.6 is 0 Å². The van der Waals surface area contributed by atoms with Crippen molar-refractivity contribution in [1.29, 1.82) is 0 Å². The first kappa shape index (κ1) is 19.4. The van der Waals surface area contributed by atoms with Crippen molar-refractivity contribution < 1.29 is 9.53 Å². The van der Waals surface area contributed by atoms with Gasteiger partial charge >= 0.3 is 0 Å². The Bertz CT molecular complexity index is 1280. The molecule has 8 heteroatoms. The number of hydrogen-bond acceptors (Lipinski definition) is 6. The number of nitrogens with zero attached hydrogens (tertiary/aromatic N) is 6. The first-order valence-electron chi connectivity index (χ1n) is 10.5. The second kappa shape index (κ2) is 7.61. The van der Waals surface area contributed by atoms with E-state index in [0.717, 1.165) is 52.8 Å². The van der Waals surface area contributed by atoms with Gasteiger partial charge in [0.25, 0.3) is 0 Å². The summed E-state index contributed by atoms with van der Waals surface area (Å²) in [6.07, 6.45) is 6.64. The van der Waals surface area contributed by atoms with Gasteiger partial charge in [-0.25, -0.2) is 9.67 Å². The number of aryl methyl sites for hydroxylation is 2. The van der Waals surface area contributed by atoms with Gasteiger partial charge in [0.05, 0.1) is 23.9 Å². The molecule has 0 N–H and O–H groups in total. The monoisotopic (exact) mass is 416 g/mol. The Balaban J connectivity index is 1.66. The number of Topliss-reactive ketones (excluding diaryl/α,β-unsaturated/α-hetero) is 1. The van der Waals surface area contributed by atoms with Gasteiger partial charge in [-0.05, 0) is 37.5 Å². The maximum absolute atomic E-state index is 12.3. The fourth-order valence-corrected chi connectivity index (χ4v) is 3.93.